The lowest BCUT2D eigenvalue weighted by atomic mass is 9.90. The van der Waals surface area contributed by atoms with Crippen LogP contribution >= 0.6 is 11.6 Å². The van der Waals surface area contributed by atoms with Crippen LogP contribution in [0, 0.1) is 6.92 Å². The van der Waals surface area contributed by atoms with Crippen LogP contribution in [0.3, 0.4) is 0 Å². The molecule has 1 N–H and O–H groups in total. The van der Waals surface area contributed by atoms with E-state index in [0.29, 0.717) is 0 Å². The van der Waals surface area contributed by atoms with Crippen molar-refractivity contribution in [3.63, 3.8) is 0 Å². The van der Waals surface area contributed by atoms with E-state index in [2.05, 4.69) is 41.4 Å². The Morgan fingerprint density at radius 2 is 1.66 bits per heavy atom. The Bertz CT molecular complexity index is 1060. The van der Waals surface area contributed by atoms with Gasteiger partial charge in [0.2, 0.25) is 0 Å². The van der Waals surface area contributed by atoms with Crippen molar-refractivity contribution in [2.75, 3.05) is 23.3 Å². The second-order valence-electron chi connectivity index (χ2n) is 7.95. The van der Waals surface area contributed by atoms with Gasteiger partial charge in [0.15, 0.2) is 0 Å². The Hall–Kier alpha value is -2.82. The summed E-state index contributed by atoms with van der Waals surface area (Å²) in [7, 11) is 0. The molecule has 0 atom stereocenters. The van der Waals surface area contributed by atoms with Crippen LogP contribution < -0.4 is 10.2 Å². The smallest absolute Gasteiger partial charge is 0.262 e. The van der Waals surface area contributed by atoms with Crippen molar-refractivity contribution in [3.05, 3.63) is 94.5 Å². The van der Waals surface area contributed by atoms with Crippen molar-refractivity contribution in [3.8, 4) is 0 Å². The molecule has 0 aliphatic carbocycles. The van der Waals surface area contributed by atoms with Gasteiger partial charge in [-0.3, -0.25) is 14.6 Å². The van der Waals surface area contributed by atoms with E-state index in [0.717, 1.165) is 41.6 Å². The average molecular weight is 404 g/mol. The molecular weight excluding hydrogens is 382 g/mol. The molecule has 1 spiro atoms. The second-order valence-corrected chi connectivity index (χ2v) is 8.39. The molecular formula is C24H22ClN3O. The number of rotatable bonds is 3. The van der Waals surface area contributed by atoms with Crippen molar-refractivity contribution in [2.45, 2.75) is 19.1 Å². The quantitative estimate of drug-likeness (QED) is 0.673. The number of hydrogen-bond acceptors (Lipinski definition) is 3. The first-order chi connectivity index (χ1) is 14.0. The van der Waals surface area contributed by atoms with E-state index < -0.39 is 5.66 Å². The van der Waals surface area contributed by atoms with Crippen LogP contribution in [0.4, 0.5) is 11.4 Å². The molecule has 5 rings (SSSR count). The van der Waals surface area contributed by atoms with E-state index in [4.69, 9.17) is 11.6 Å². The highest BCUT2D eigenvalue weighted by Crippen LogP contribution is 2.40. The molecule has 2 heterocycles. The standard InChI is InChI=1S/C24H22ClN3O/c1-17-6-12-20(13-7-17)28-23(29)21-4-2-3-5-22(21)26-24(28)15-27(16-24)14-18-8-10-19(25)11-9-18/h2-13,26H,14-16H2,1H3. The molecule has 0 bridgehead atoms. The van der Waals surface area contributed by atoms with Crippen molar-refractivity contribution in [2.24, 2.45) is 0 Å². The fraction of sp³-hybridized carbons (Fsp3) is 0.208. The lowest BCUT2D eigenvalue weighted by molar-refractivity contribution is 0.0609. The number of para-hydroxylation sites is 1. The Balaban J connectivity index is 1.46. The predicted octanol–water partition coefficient (Wildman–Crippen LogP) is 4.93. The highest BCUT2D eigenvalue weighted by atomic mass is 35.5. The molecule has 3 aromatic rings. The number of anilines is 2. The number of carbonyl (C=O) groups is 1. The summed E-state index contributed by atoms with van der Waals surface area (Å²) in [6.07, 6.45) is 0. The molecule has 29 heavy (non-hydrogen) atoms. The minimum atomic E-state index is -0.437. The third kappa shape index (κ3) is 3.18. The van der Waals surface area contributed by atoms with Gasteiger partial charge in [-0.25, -0.2) is 0 Å². The fourth-order valence-corrected chi connectivity index (χ4v) is 4.46. The first kappa shape index (κ1) is 18.2. The van der Waals surface area contributed by atoms with E-state index in [9.17, 15) is 4.79 Å². The largest absolute Gasteiger partial charge is 0.360 e. The van der Waals surface area contributed by atoms with Crippen LogP contribution in [0.1, 0.15) is 21.5 Å². The third-order valence-corrected chi connectivity index (χ3v) is 5.99. The van der Waals surface area contributed by atoms with Gasteiger partial charge in [-0.1, -0.05) is 53.6 Å². The van der Waals surface area contributed by atoms with Gasteiger partial charge >= 0.3 is 0 Å². The zero-order chi connectivity index (χ0) is 20.0. The van der Waals surface area contributed by atoms with E-state index in [1.165, 1.54) is 11.1 Å². The molecule has 3 aromatic carbocycles. The molecule has 146 valence electrons. The Kier molecular flexibility index (Phi) is 4.34. The summed E-state index contributed by atoms with van der Waals surface area (Å²) in [6, 6.07) is 23.9. The number of nitrogens with one attached hydrogen (secondary N) is 1. The number of likely N-dealkylation sites (tertiary alicyclic amines) is 1. The zero-order valence-corrected chi connectivity index (χ0v) is 17.0. The van der Waals surface area contributed by atoms with E-state index >= 15 is 0 Å². The lowest BCUT2D eigenvalue weighted by Crippen LogP contribution is -2.76. The maximum Gasteiger partial charge on any atom is 0.262 e. The van der Waals surface area contributed by atoms with Gasteiger partial charge in [0, 0.05) is 36.0 Å². The predicted molar refractivity (Wildman–Crippen MR) is 118 cm³/mol. The monoisotopic (exact) mass is 403 g/mol. The minimum absolute atomic E-state index is 0.0503. The number of hydrogen-bond donors (Lipinski definition) is 1. The van der Waals surface area contributed by atoms with E-state index in [-0.39, 0.29) is 5.91 Å². The van der Waals surface area contributed by atoms with Crippen molar-refractivity contribution in [1.82, 2.24) is 4.90 Å². The number of fused-ring (bicyclic) bond motifs is 1. The SMILES string of the molecule is Cc1ccc(N2C(=O)c3ccccc3NC23CN(Cc2ccc(Cl)cc2)C3)cc1. The van der Waals surface area contributed by atoms with Crippen LogP contribution in [0.2, 0.25) is 5.02 Å². The molecule has 4 nitrogen and oxygen atoms in total. The minimum Gasteiger partial charge on any atom is -0.360 e. The van der Waals surface area contributed by atoms with Gasteiger partial charge < -0.3 is 5.32 Å². The molecule has 0 saturated carbocycles. The Morgan fingerprint density at radius 3 is 2.38 bits per heavy atom. The maximum atomic E-state index is 13.5. The summed E-state index contributed by atoms with van der Waals surface area (Å²) < 4.78 is 0. The molecule has 2 aliphatic heterocycles. The Labute approximate surface area is 175 Å². The summed E-state index contributed by atoms with van der Waals surface area (Å²) in [5.41, 5.74) is 4.51. The van der Waals surface area contributed by atoms with Crippen LogP contribution in [0.25, 0.3) is 0 Å². The second kappa shape index (κ2) is 6.90. The molecule has 1 saturated heterocycles. The summed E-state index contributed by atoms with van der Waals surface area (Å²) in [4.78, 5) is 17.7. The first-order valence-corrected chi connectivity index (χ1v) is 10.2. The highest BCUT2D eigenvalue weighted by Gasteiger charge is 2.53. The molecule has 2 aliphatic rings. The highest BCUT2D eigenvalue weighted by molar-refractivity contribution is 6.30. The van der Waals surface area contributed by atoms with Crippen LogP contribution in [0.15, 0.2) is 72.8 Å². The van der Waals surface area contributed by atoms with Gasteiger partial charge in [0.25, 0.3) is 5.91 Å². The van der Waals surface area contributed by atoms with Gasteiger partial charge in [-0.2, -0.15) is 0 Å². The number of carbonyl (C=O) groups excluding carboxylic acids is 1. The number of halogens is 1. The van der Waals surface area contributed by atoms with E-state index in [1.807, 2.05) is 53.4 Å². The van der Waals surface area contributed by atoms with Crippen LogP contribution in [0.5, 0.6) is 0 Å². The maximum absolute atomic E-state index is 13.5. The molecule has 1 amide bonds. The summed E-state index contributed by atoms with van der Waals surface area (Å²) in [5, 5.41) is 4.42. The summed E-state index contributed by atoms with van der Waals surface area (Å²) in [6.45, 7) is 4.40. The Morgan fingerprint density at radius 1 is 0.966 bits per heavy atom. The van der Waals surface area contributed by atoms with Crippen molar-refractivity contribution >= 4 is 28.9 Å². The van der Waals surface area contributed by atoms with Crippen molar-refractivity contribution in [1.29, 1.82) is 0 Å². The number of aryl methyl sites for hydroxylation is 1. The number of nitrogens with zero attached hydrogens (tertiary/aromatic N) is 2. The summed E-state index contributed by atoms with van der Waals surface area (Å²) in [5.74, 6) is 0.0503. The van der Waals surface area contributed by atoms with Crippen LogP contribution in [-0.2, 0) is 6.54 Å². The third-order valence-electron chi connectivity index (χ3n) is 5.74. The fourth-order valence-electron chi connectivity index (χ4n) is 4.33. The lowest BCUT2D eigenvalue weighted by Gasteiger charge is -2.58. The summed E-state index contributed by atoms with van der Waals surface area (Å²) >= 11 is 6.01. The number of benzene rings is 3. The number of amides is 1. The normalized spacial score (nSPS) is 17.6. The van der Waals surface area contributed by atoms with Gasteiger partial charge in [0.05, 0.1) is 5.56 Å². The molecule has 1 fully saturated rings. The van der Waals surface area contributed by atoms with E-state index in [1.54, 1.807) is 0 Å². The molecule has 0 aromatic heterocycles. The van der Waals surface area contributed by atoms with Crippen LogP contribution in [-0.4, -0.2) is 29.6 Å². The first-order valence-electron chi connectivity index (χ1n) is 9.79. The molecule has 0 radical (unpaired) electrons. The van der Waals surface area contributed by atoms with Gasteiger partial charge in [-0.15, -0.1) is 0 Å². The average Bonchev–Trinajstić information content (AvgIpc) is 2.70. The molecule has 5 heteroatoms. The van der Waals surface area contributed by atoms with Gasteiger partial charge in [-0.05, 0) is 48.9 Å². The molecule has 0 unspecified atom stereocenters. The zero-order valence-electron chi connectivity index (χ0n) is 16.2. The van der Waals surface area contributed by atoms with Gasteiger partial charge in [0.1, 0.15) is 5.66 Å². The topological polar surface area (TPSA) is 35.6 Å². The van der Waals surface area contributed by atoms with Crippen molar-refractivity contribution < 1.29 is 4.79 Å².